The summed E-state index contributed by atoms with van der Waals surface area (Å²) in [6.07, 6.45) is 7.83. The molecule has 13 nitrogen and oxygen atoms in total. The van der Waals surface area contributed by atoms with Crippen molar-refractivity contribution in [2.45, 2.75) is 65.8 Å². The third-order valence-corrected chi connectivity index (χ3v) is 9.25. The van der Waals surface area contributed by atoms with Crippen molar-refractivity contribution in [2.24, 2.45) is 5.92 Å². The molecule has 0 saturated carbocycles. The normalized spacial score (nSPS) is 18.3. The van der Waals surface area contributed by atoms with Crippen LogP contribution in [0.25, 0.3) is 0 Å². The van der Waals surface area contributed by atoms with Gasteiger partial charge in [0.1, 0.15) is 37.9 Å². The van der Waals surface area contributed by atoms with E-state index in [0.29, 0.717) is 35.7 Å². The van der Waals surface area contributed by atoms with Crippen LogP contribution in [0.4, 0.5) is 23.3 Å². The van der Waals surface area contributed by atoms with E-state index in [1.165, 1.54) is 24.6 Å². The fourth-order valence-electron chi connectivity index (χ4n) is 4.43. The number of nitrogen functional groups attached to an aromatic ring is 1. The Labute approximate surface area is 301 Å². The molecule has 6 N–H and O–H groups in total. The SMILES string of the molecule is C=CC=C.CC=C(C)C.COC(=O)C(C)(C)NP(COc1ccc(Cl)cc1)OCC1CC(C)[C@H](N2CNc3c(NNSC)nc(N)nc32)O1. The standard InChI is InChI=1S/C24H36ClN8O5PS.C5H10.C4H6/c1-14-10-17(38-21(14)33-12-27-18-19(30-32-40-5)28-23(26)29-20(18)33)11-37-39(31-24(2,3)22(34)35-4)13-36-16-8-6-15(25)7-9-16;1-4-5(2)3;1-3-4-2/h6-9,14,17,21,27,31-32H,10-13H2,1-5H3,(H3,26,28,29,30);4H,1-3H3;3-4H,1-2H2/t14?,17?,21-,39?;;/m1../s1. The number of hydrogen-bond acceptors (Lipinski definition) is 14. The minimum absolute atomic E-state index is 0.161. The fourth-order valence-corrected chi connectivity index (χ4v) is 6.29. The van der Waals surface area contributed by atoms with Crippen LogP contribution in [-0.2, 0) is 18.8 Å². The average molecular weight is 739 g/mol. The van der Waals surface area contributed by atoms with Gasteiger partial charge in [-0.3, -0.25) is 15.3 Å². The van der Waals surface area contributed by atoms with Crippen LogP contribution in [0.3, 0.4) is 0 Å². The van der Waals surface area contributed by atoms with Crippen molar-refractivity contribution < 1.29 is 23.5 Å². The molecule has 4 atom stereocenters. The van der Waals surface area contributed by atoms with E-state index in [2.05, 4.69) is 70.6 Å². The number of methoxy groups -OCH3 is 1. The van der Waals surface area contributed by atoms with Gasteiger partial charge in [-0.2, -0.15) is 14.8 Å². The number of fused-ring (bicyclic) bond motifs is 1. The van der Waals surface area contributed by atoms with E-state index >= 15 is 0 Å². The van der Waals surface area contributed by atoms with Gasteiger partial charge in [0.05, 0.1) is 26.5 Å². The molecule has 1 aromatic carbocycles. The summed E-state index contributed by atoms with van der Waals surface area (Å²) in [5.74, 6) is 1.84. The van der Waals surface area contributed by atoms with Crippen molar-refractivity contribution >= 4 is 61.1 Å². The van der Waals surface area contributed by atoms with E-state index in [1.807, 2.05) is 18.1 Å². The molecule has 2 aromatic rings. The zero-order chi connectivity index (χ0) is 36.6. The predicted octanol–water partition coefficient (Wildman–Crippen LogP) is 7.08. The number of carbonyl (C=O) groups excluding carboxylic acids is 1. The molecule has 0 radical (unpaired) electrons. The summed E-state index contributed by atoms with van der Waals surface area (Å²) in [7, 11) is -0.0401. The van der Waals surface area contributed by atoms with Gasteiger partial charge in [0.15, 0.2) is 11.6 Å². The van der Waals surface area contributed by atoms with Gasteiger partial charge < -0.3 is 34.7 Å². The molecule has 2 aliphatic heterocycles. The number of esters is 1. The van der Waals surface area contributed by atoms with Crippen molar-refractivity contribution in [3.8, 4) is 5.75 Å². The van der Waals surface area contributed by atoms with Crippen LogP contribution in [0, 0.1) is 5.92 Å². The Morgan fingerprint density at radius 1 is 1.27 bits per heavy atom. The molecule has 0 aliphatic carbocycles. The lowest BCUT2D eigenvalue weighted by Gasteiger charge is -2.30. The summed E-state index contributed by atoms with van der Waals surface area (Å²) in [6, 6.07) is 7.07. The monoisotopic (exact) mass is 738 g/mol. The Balaban J connectivity index is 0.000000823. The molecule has 1 fully saturated rings. The Morgan fingerprint density at radius 2 is 1.92 bits per heavy atom. The molecular weight excluding hydrogens is 687 g/mol. The summed E-state index contributed by atoms with van der Waals surface area (Å²) in [5.41, 5.74) is 10.2. The van der Waals surface area contributed by atoms with Gasteiger partial charge in [0, 0.05) is 10.9 Å². The largest absolute Gasteiger partial charge is 0.485 e. The molecule has 1 saturated heterocycles. The Hall–Kier alpha value is -3.10. The number of benzene rings is 1. The zero-order valence-electron chi connectivity index (χ0n) is 29.7. The summed E-state index contributed by atoms with van der Waals surface area (Å²) in [4.78, 5) is 26.1. The topological polar surface area (TPSA) is 157 Å². The smallest absolute Gasteiger partial charge is 0.325 e. The number of halogens is 1. The second-order valence-electron chi connectivity index (χ2n) is 11.7. The number of nitrogens with one attached hydrogen (secondary N) is 4. The quantitative estimate of drug-likeness (QED) is 0.0334. The third kappa shape index (κ3) is 13.6. The maximum atomic E-state index is 12.3. The third-order valence-electron chi connectivity index (χ3n) is 7.06. The first-order valence-corrected chi connectivity index (χ1v) is 18.7. The van der Waals surface area contributed by atoms with Crippen LogP contribution < -0.4 is 36.0 Å². The Morgan fingerprint density at radius 3 is 2.49 bits per heavy atom. The van der Waals surface area contributed by atoms with Crippen LogP contribution in [-0.4, -0.2) is 66.8 Å². The molecule has 2 aliphatic rings. The number of nitrogens with zero attached hydrogens (tertiary/aromatic N) is 3. The number of aromatic nitrogens is 2. The van der Waals surface area contributed by atoms with E-state index in [1.54, 1.807) is 50.3 Å². The molecular formula is C33H52ClN8O5PS. The van der Waals surface area contributed by atoms with Gasteiger partial charge in [-0.25, -0.2) is 0 Å². The average Bonchev–Trinajstić information content (AvgIpc) is 3.67. The number of ether oxygens (including phenoxy) is 3. The van der Waals surface area contributed by atoms with Crippen LogP contribution in [0.15, 0.2) is 61.2 Å². The van der Waals surface area contributed by atoms with E-state index in [4.69, 9.17) is 36.1 Å². The lowest BCUT2D eigenvalue weighted by molar-refractivity contribution is -0.146. The molecule has 272 valence electrons. The number of anilines is 4. The Bertz CT molecular complexity index is 1380. The van der Waals surface area contributed by atoms with Gasteiger partial charge in [-0.15, -0.1) is 0 Å². The highest BCUT2D eigenvalue weighted by Crippen LogP contribution is 2.42. The summed E-state index contributed by atoms with van der Waals surface area (Å²) in [5, 5.41) is 7.22. The molecule has 16 heteroatoms. The lowest BCUT2D eigenvalue weighted by Crippen LogP contribution is -2.45. The van der Waals surface area contributed by atoms with Gasteiger partial charge in [0.25, 0.3) is 0 Å². The second kappa shape index (κ2) is 21.2. The summed E-state index contributed by atoms with van der Waals surface area (Å²) < 4.78 is 23.6. The number of allylic oxidation sites excluding steroid dienone is 4. The molecule has 1 aromatic heterocycles. The van der Waals surface area contributed by atoms with Crippen LogP contribution in [0.5, 0.6) is 5.75 Å². The van der Waals surface area contributed by atoms with E-state index in [0.717, 1.165) is 12.1 Å². The Kier molecular flexibility index (Phi) is 18.2. The molecule has 49 heavy (non-hydrogen) atoms. The lowest BCUT2D eigenvalue weighted by atomic mass is 10.1. The van der Waals surface area contributed by atoms with Gasteiger partial charge in [-0.1, -0.05) is 67.4 Å². The summed E-state index contributed by atoms with van der Waals surface area (Å²) >= 11 is 7.39. The molecule has 0 amide bonds. The van der Waals surface area contributed by atoms with E-state index in [9.17, 15) is 4.79 Å². The van der Waals surface area contributed by atoms with Crippen LogP contribution >= 0.6 is 31.8 Å². The number of hydrogen-bond donors (Lipinski definition) is 5. The van der Waals surface area contributed by atoms with Crippen molar-refractivity contribution in [3.63, 3.8) is 0 Å². The molecule has 3 heterocycles. The predicted molar refractivity (Wildman–Crippen MR) is 205 cm³/mol. The van der Waals surface area contributed by atoms with Crippen LogP contribution in [0.1, 0.15) is 48.0 Å². The first kappa shape index (κ1) is 42.1. The van der Waals surface area contributed by atoms with Crippen molar-refractivity contribution in [2.75, 3.05) is 54.4 Å². The molecule has 0 spiro atoms. The highest BCUT2D eigenvalue weighted by Gasteiger charge is 2.41. The number of hydrazine groups is 1. The number of rotatable bonds is 14. The van der Waals surface area contributed by atoms with Crippen molar-refractivity contribution in [1.82, 2.24) is 19.9 Å². The van der Waals surface area contributed by atoms with E-state index < -0.39 is 19.8 Å². The maximum absolute atomic E-state index is 12.3. The minimum atomic E-state index is -1.40. The maximum Gasteiger partial charge on any atom is 0.325 e. The highest BCUT2D eigenvalue weighted by atomic mass is 35.5. The van der Waals surface area contributed by atoms with Crippen molar-refractivity contribution in [1.29, 1.82) is 0 Å². The minimum Gasteiger partial charge on any atom is -0.485 e. The van der Waals surface area contributed by atoms with Gasteiger partial charge in [-0.05, 0) is 71.6 Å². The first-order chi connectivity index (χ1) is 23.3. The van der Waals surface area contributed by atoms with Crippen molar-refractivity contribution in [3.05, 3.63) is 66.2 Å². The zero-order valence-corrected chi connectivity index (χ0v) is 32.2. The van der Waals surface area contributed by atoms with E-state index in [-0.39, 0.29) is 30.5 Å². The number of nitrogens with two attached hydrogens (primary N) is 1. The molecule has 3 unspecified atom stereocenters. The first-order valence-electron chi connectivity index (χ1n) is 15.7. The highest BCUT2D eigenvalue weighted by molar-refractivity contribution is 7.96. The van der Waals surface area contributed by atoms with Crippen LogP contribution in [0.2, 0.25) is 5.02 Å². The number of carbonyl (C=O) groups is 1. The second-order valence-corrected chi connectivity index (χ2v) is 14.2. The van der Waals surface area contributed by atoms with Gasteiger partial charge >= 0.3 is 5.97 Å². The molecule has 4 rings (SSSR count). The summed E-state index contributed by atoms with van der Waals surface area (Å²) in [6.45, 7) is 19.4. The van der Waals surface area contributed by atoms with Gasteiger partial charge in [0.2, 0.25) is 5.95 Å². The molecule has 0 bridgehead atoms. The fraction of sp³-hybridized carbons (Fsp3) is 0.485.